The highest BCUT2D eigenvalue weighted by Crippen LogP contribution is 2.30. The normalized spacial score (nSPS) is 16.9. The molecule has 0 saturated carbocycles. The Hall–Kier alpha value is -2.57. The second kappa shape index (κ2) is 8.28. The third-order valence-electron chi connectivity index (χ3n) is 5.89. The van der Waals surface area contributed by atoms with Gasteiger partial charge in [0.1, 0.15) is 0 Å². The molecule has 0 atom stereocenters. The highest BCUT2D eigenvalue weighted by molar-refractivity contribution is 7.15. The number of thiophene rings is 1. The van der Waals surface area contributed by atoms with Crippen LogP contribution in [0.1, 0.15) is 46.8 Å². The Morgan fingerprint density at radius 3 is 2.93 bits per heavy atom. The number of rotatable bonds is 4. The molecule has 4 heterocycles. The predicted molar refractivity (Wildman–Crippen MR) is 122 cm³/mol. The van der Waals surface area contributed by atoms with Crippen molar-refractivity contribution in [2.45, 2.75) is 45.7 Å². The molecule has 154 valence electrons. The van der Waals surface area contributed by atoms with Crippen molar-refractivity contribution < 1.29 is 0 Å². The number of aliphatic imine (C=N–C) groups is 1. The number of hydrogen-bond acceptors (Lipinski definition) is 5. The van der Waals surface area contributed by atoms with Gasteiger partial charge in [-0.3, -0.25) is 14.7 Å². The van der Waals surface area contributed by atoms with E-state index in [9.17, 15) is 4.79 Å². The van der Waals surface area contributed by atoms with Gasteiger partial charge in [-0.1, -0.05) is 29.8 Å². The molecule has 0 saturated heterocycles. The summed E-state index contributed by atoms with van der Waals surface area (Å²) >= 11 is 1.84. The number of nitrogens with zero attached hydrogens (tertiary/aromatic N) is 3. The number of hydrogen-bond donors (Lipinski definition) is 1. The van der Waals surface area contributed by atoms with Gasteiger partial charge < -0.3 is 4.98 Å². The number of aryl methyl sites for hydroxylation is 1. The van der Waals surface area contributed by atoms with Crippen LogP contribution >= 0.6 is 11.3 Å². The highest BCUT2D eigenvalue weighted by atomic mass is 32.1. The molecular formula is C24H26N4OS. The summed E-state index contributed by atoms with van der Waals surface area (Å²) < 4.78 is 0. The van der Waals surface area contributed by atoms with E-state index < -0.39 is 0 Å². The van der Waals surface area contributed by atoms with Crippen LogP contribution < -0.4 is 5.56 Å². The molecule has 2 aliphatic rings. The minimum absolute atomic E-state index is 0.000368. The molecule has 0 unspecified atom stereocenters. The number of benzene rings is 1. The van der Waals surface area contributed by atoms with Crippen LogP contribution in [0.4, 0.5) is 0 Å². The first kappa shape index (κ1) is 19.4. The summed E-state index contributed by atoms with van der Waals surface area (Å²) in [6.07, 6.45) is 3.98. The molecule has 30 heavy (non-hydrogen) atoms. The van der Waals surface area contributed by atoms with Gasteiger partial charge in [0.05, 0.1) is 17.0 Å². The van der Waals surface area contributed by atoms with E-state index in [2.05, 4.69) is 58.2 Å². The smallest absolute Gasteiger partial charge is 0.255 e. The van der Waals surface area contributed by atoms with Crippen molar-refractivity contribution in [2.24, 2.45) is 4.99 Å². The van der Waals surface area contributed by atoms with Crippen molar-refractivity contribution in [2.75, 3.05) is 13.1 Å². The first-order valence-corrected chi connectivity index (χ1v) is 11.5. The highest BCUT2D eigenvalue weighted by Gasteiger charge is 2.23. The number of nitrogens with one attached hydrogen (secondary N) is 1. The largest absolute Gasteiger partial charge is 0.305 e. The summed E-state index contributed by atoms with van der Waals surface area (Å²) in [5.41, 5.74) is 5.28. The van der Waals surface area contributed by atoms with Gasteiger partial charge in [-0.15, -0.1) is 11.3 Å². The van der Waals surface area contributed by atoms with Gasteiger partial charge >= 0.3 is 0 Å². The molecule has 2 aliphatic heterocycles. The van der Waals surface area contributed by atoms with Gasteiger partial charge in [0.25, 0.3) is 5.56 Å². The summed E-state index contributed by atoms with van der Waals surface area (Å²) in [5.74, 6) is 0.688. The lowest BCUT2D eigenvalue weighted by Crippen LogP contribution is -2.36. The SMILES string of the molecule is Cc1cccc(-c2ccc(CN3CCc4nc(C5=NCCCC5)[nH]c(=O)c4C3)s2)c1. The molecule has 2 aromatic heterocycles. The third-order valence-corrected chi connectivity index (χ3v) is 7.01. The standard InChI is InChI=1S/C24H26N4OS/c1-16-5-4-6-17(13-16)22-9-8-18(30-22)14-28-12-10-20-19(15-28)24(29)27-23(26-20)21-7-2-3-11-25-21/h4-6,8-9,13H,2-3,7,10-12,14-15H2,1H3,(H,26,27,29). The zero-order valence-corrected chi connectivity index (χ0v) is 18.1. The Morgan fingerprint density at radius 2 is 2.10 bits per heavy atom. The molecule has 1 aromatic carbocycles. The van der Waals surface area contributed by atoms with Crippen LogP contribution in [0.2, 0.25) is 0 Å². The Kier molecular flexibility index (Phi) is 5.35. The zero-order valence-electron chi connectivity index (χ0n) is 17.3. The lowest BCUT2D eigenvalue weighted by molar-refractivity contribution is 0.244. The van der Waals surface area contributed by atoms with E-state index in [1.807, 2.05) is 11.3 Å². The average Bonchev–Trinajstić information content (AvgIpc) is 3.23. The van der Waals surface area contributed by atoms with Crippen molar-refractivity contribution in [1.82, 2.24) is 14.9 Å². The minimum atomic E-state index is -0.000368. The van der Waals surface area contributed by atoms with Gasteiger partial charge in [0, 0.05) is 42.4 Å². The number of aromatic nitrogens is 2. The van der Waals surface area contributed by atoms with Crippen LogP contribution in [0.15, 0.2) is 46.2 Å². The third kappa shape index (κ3) is 4.02. The van der Waals surface area contributed by atoms with Crippen LogP contribution in [0.25, 0.3) is 10.4 Å². The quantitative estimate of drug-likeness (QED) is 0.686. The predicted octanol–water partition coefficient (Wildman–Crippen LogP) is 4.34. The Bertz CT molecular complexity index is 1160. The van der Waals surface area contributed by atoms with Crippen molar-refractivity contribution >= 4 is 17.0 Å². The molecule has 5 rings (SSSR count). The number of H-pyrrole nitrogens is 1. The fraction of sp³-hybridized carbons (Fsp3) is 0.375. The van der Waals surface area contributed by atoms with E-state index in [1.54, 1.807) is 0 Å². The van der Waals surface area contributed by atoms with Gasteiger partial charge in [-0.2, -0.15) is 0 Å². The molecule has 5 nitrogen and oxygen atoms in total. The molecule has 0 aliphatic carbocycles. The van der Waals surface area contributed by atoms with Crippen LogP contribution in [0.5, 0.6) is 0 Å². The van der Waals surface area contributed by atoms with Crippen LogP contribution in [-0.2, 0) is 19.5 Å². The second-order valence-corrected chi connectivity index (χ2v) is 9.39. The van der Waals surface area contributed by atoms with Crippen molar-refractivity contribution in [3.63, 3.8) is 0 Å². The maximum Gasteiger partial charge on any atom is 0.255 e. The summed E-state index contributed by atoms with van der Waals surface area (Å²) in [7, 11) is 0. The van der Waals surface area contributed by atoms with Crippen molar-refractivity contribution in [1.29, 1.82) is 0 Å². The van der Waals surface area contributed by atoms with E-state index in [4.69, 9.17) is 4.98 Å². The maximum absolute atomic E-state index is 12.8. The fourth-order valence-corrected chi connectivity index (χ4v) is 5.33. The number of fused-ring (bicyclic) bond motifs is 1. The molecule has 1 N–H and O–H groups in total. The lowest BCUT2D eigenvalue weighted by atomic mass is 10.1. The molecular weight excluding hydrogens is 392 g/mol. The Balaban J connectivity index is 1.32. The summed E-state index contributed by atoms with van der Waals surface area (Å²) in [6, 6.07) is 13.0. The van der Waals surface area contributed by atoms with Crippen molar-refractivity contribution in [3.8, 4) is 10.4 Å². The molecule has 3 aromatic rings. The average molecular weight is 419 g/mol. The van der Waals surface area contributed by atoms with E-state index in [0.717, 1.165) is 62.3 Å². The second-order valence-electron chi connectivity index (χ2n) is 8.22. The van der Waals surface area contributed by atoms with E-state index >= 15 is 0 Å². The van der Waals surface area contributed by atoms with Gasteiger partial charge in [-0.25, -0.2) is 4.98 Å². The monoisotopic (exact) mass is 418 g/mol. The zero-order chi connectivity index (χ0) is 20.5. The Labute approximate surface area is 180 Å². The Morgan fingerprint density at radius 1 is 1.17 bits per heavy atom. The summed E-state index contributed by atoms with van der Waals surface area (Å²) in [4.78, 5) is 30.1. The molecule has 0 amide bonds. The topological polar surface area (TPSA) is 61.4 Å². The molecule has 6 heteroatoms. The maximum atomic E-state index is 12.8. The summed E-state index contributed by atoms with van der Waals surface area (Å²) in [5, 5.41) is 0. The minimum Gasteiger partial charge on any atom is -0.305 e. The first-order chi connectivity index (χ1) is 14.7. The van der Waals surface area contributed by atoms with Crippen LogP contribution in [-0.4, -0.2) is 33.7 Å². The van der Waals surface area contributed by atoms with Crippen LogP contribution in [0.3, 0.4) is 0 Å². The van der Waals surface area contributed by atoms with Crippen LogP contribution in [0, 0.1) is 6.92 Å². The van der Waals surface area contributed by atoms with Gasteiger partial charge in [0.2, 0.25) is 0 Å². The molecule has 0 radical (unpaired) electrons. The molecule has 0 spiro atoms. The molecule has 0 bridgehead atoms. The summed E-state index contributed by atoms with van der Waals surface area (Å²) in [6.45, 7) is 5.41. The van der Waals surface area contributed by atoms with E-state index in [0.29, 0.717) is 12.4 Å². The van der Waals surface area contributed by atoms with Crippen molar-refractivity contribution in [3.05, 3.63) is 74.3 Å². The first-order valence-electron chi connectivity index (χ1n) is 10.7. The molecule has 0 fully saturated rings. The van der Waals surface area contributed by atoms with E-state index in [-0.39, 0.29) is 5.56 Å². The fourth-order valence-electron chi connectivity index (χ4n) is 4.28. The lowest BCUT2D eigenvalue weighted by Gasteiger charge is -2.27. The van der Waals surface area contributed by atoms with E-state index in [1.165, 1.54) is 20.9 Å². The van der Waals surface area contributed by atoms with Gasteiger partial charge in [0.15, 0.2) is 5.82 Å². The van der Waals surface area contributed by atoms with Gasteiger partial charge in [-0.05, 0) is 43.9 Å². The number of aromatic amines is 1.